The molecule has 2 N–H and O–H groups in total. The number of hydrogen-bond acceptors (Lipinski definition) is 4. The smallest absolute Gasteiger partial charge is 0.223 e. The monoisotopic (exact) mass is 347 g/mol. The topological polar surface area (TPSA) is 61.0 Å². The van der Waals surface area contributed by atoms with Gasteiger partial charge in [0.2, 0.25) is 5.28 Å². The van der Waals surface area contributed by atoms with Crippen molar-refractivity contribution in [2.24, 2.45) is 0 Å². The molecule has 0 aliphatic rings. The molecule has 0 aliphatic heterocycles. The first kappa shape index (κ1) is 15.8. The van der Waals surface area contributed by atoms with E-state index in [0.717, 1.165) is 28.8 Å². The molecule has 0 spiro atoms. The predicted molar refractivity (Wildman–Crippen MR) is 94.2 cm³/mol. The predicted octanol–water partition coefficient (Wildman–Crippen LogP) is 4.53. The maximum Gasteiger partial charge on any atom is 0.223 e. The van der Waals surface area contributed by atoms with Gasteiger partial charge in [-0.05, 0) is 60.8 Å². The first-order valence-electron chi connectivity index (χ1n) is 7.22. The molecule has 0 saturated carbocycles. The van der Waals surface area contributed by atoms with Gasteiger partial charge in [0.1, 0.15) is 5.75 Å². The summed E-state index contributed by atoms with van der Waals surface area (Å²) in [7, 11) is 0. The Kier molecular flexibility index (Phi) is 4.84. The van der Waals surface area contributed by atoms with Gasteiger partial charge in [0.25, 0.3) is 0 Å². The van der Waals surface area contributed by atoms with E-state index in [9.17, 15) is 0 Å². The molecule has 6 heteroatoms. The Morgan fingerprint density at radius 3 is 2.57 bits per heavy atom. The van der Waals surface area contributed by atoms with E-state index in [2.05, 4.69) is 9.97 Å². The number of rotatable bonds is 5. The summed E-state index contributed by atoms with van der Waals surface area (Å²) in [5.74, 6) is 0.791. The molecule has 118 valence electrons. The van der Waals surface area contributed by atoms with Crippen molar-refractivity contribution in [2.45, 2.75) is 12.8 Å². The SMILES string of the molecule is Nc1cccc2nc(Cl)nc(CCCOc3ccc(Cl)cc3)c12. The van der Waals surface area contributed by atoms with Crippen molar-refractivity contribution >= 4 is 39.8 Å². The number of nitrogens with two attached hydrogens (primary N) is 1. The molecule has 0 bridgehead atoms. The molecule has 0 fully saturated rings. The first-order chi connectivity index (χ1) is 11.1. The Morgan fingerprint density at radius 2 is 1.78 bits per heavy atom. The molecule has 0 atom stereocenters. The number of aromatic nitrogens is 2. The van der Waals surface area contributed by atoms with Crippen LogP contribution in [0, 0.1) is 0 Å². The van der Waals surface area contributed by atoms with Gasteiger partial charge in [0, 0.05) is 16.1 Å². The Labute approximate surface area is 144 Å². The molecule has 0 saturated heterocycles. The van der Waals surface area contributed by atoms with Crippen LogP contribution in [0.15, 0.2) is 42.5 Å². The number of nitrogen functional groups attached to an aromatic ring is 1. The molecule has 3 aromatic rings. The van der Waals surface area contributed by atoms with E-state index >= 15 is 0 Å². The van der Waals surface area contributed by atoms with Crippen LogP contribution in [0.5, 0.6) is 5.75 Å². The summed E-state index contributed by atoms with van der Waals surface area (Å²) in [4.78, 5) is 8.53. The average molecular weight is 348 g/mol. The van der Waals surface area contributed by atoms with Gasteiger partial charge < -0.3 is 10.5 Å². The standard InChI is InChI=1S/C17H15Cl2N3O/c18-11-6-8-12(9-7-11)23-10-2-5-15-16-13(20)3-1-4-14(16)21-17(19)22-15/h1,3-4,6-9H,2,5,10,20H2. The highest BCUT2D eigenvalue weighted by atomic mass is 35.5. The zero-order chi connectivity index (χ0) is 16.2. The van der Waals surface area contributed by atoms with E-state index in [1.807, 2.05) is 30.3 Å². The van der Waals surface area contributed by atoms with E-state index in [1.165, 1.54) is 0 Å². The van der Waals surface area contributed by atoms with Gasteiger partial charge in [-0.3, -0.25) is 0 Å². The molecule has 23 heavy (non-hydrogen) atoms. The van der Waals surface area contributed by atoms with Crippen molar-refractivity contribution in [3.05, 3.63) is 58.5 Å². The second kappa shape index (κ2) is 7.02. The number of ether oxygens (including phenoxy) is 1. The van der Waals surface area contributed by atoms with Gasteiger partial charge in [-0.1, -0.05) is 17.7 Å². The Morgan fingerprint density at radius 1 is 1.00 bits per heavy atom. The van der Waals surface area contributed by atoms with Crippen molar-refractivity contribution in [3.8, 4) is 5.75 Å². The molecule has 0 amide bonds. The number of aryl methyl sites for hydroxylation is 1. The van der Waals surface area contributed by atoms with Crippen LogP contribution in [-0.2, 0) is 6.42 Å². The number of nitrogens with zero attached hydrogens (tertiary/aromatic N) is 2. The normalized spacial score (nSPS) is 10.9. The van der Waals surface area contributed by atoms with Gasteiger partial charge in [-0.2, -0.15) is 0 Å². The van der Waals surface area contributed by atoms with Crippen molar-refractivity contribution in [3.63, 3.8) is 0 Å². The third-order valence-corrected chi connectivity index (χ3v) is 3.86. The average Bonchev–Trinajstić information content (AvgIpc) is 2.53. The third-order valence-electron chi connectivity index (χ3n) is 3.44. The number of halogens is 2. The van der Waals surface area contributed by atoms with E-state index in [0.29, 0.717) is 23.7 Å². The number of fused-ring (bicyclic) bond motifs is 1. The minimum Gasteiger partial charge on any atom is -0.494 e. The van der Waals surface area contributed by atoms with Crippen LogP contribution in [0.1, 0.15) is 12.1 Å². The van der Waals surface area contributed by atoms with E-state index in [4.69, 9.17) is 33.7 Å². The maximum absolute atomic E-state index is 6.05. The fourth-order valence-electron chi connectivity index (χ4n) is 2.40. The van der Waals surface area contributed by atoms with Gasteiger partial charge in [0.05, 0.1) is 17.8 Å². The van der Waals surface area contributed by atoms with Crippen LogP contribution in [0.2, 0.25) is 10.3 Å². The molecular weight excluding hydrogens is 333 g/mol. The van der Waals surface area contributed by atoms with Crippen LogP contribution < -0.4 is 10.5 Å². The van der Waals surface area contributed by atoms with E-state index in [-0.39, 0.29) is 5.28 Å². The molecule has 1 heterocycles. The van der Waals surface area contributed by atoms with Crippen molar-refractivity contribution in [1.29, 1.82) is 0 Å². The highest BCUT2D eigenvalue weighted by Gasteiger charge is 2.09. The Balaban J connectivity index is 1.68. The van der Waals surface area contributed by atoms with E-state index < -0.39 is 0 Å². The van der Waals surface area contributed by atoms with Gasteiger partial charge in [-0.15, -0.1) is 0 Å². The molecular formula is C17H15Cl2N3O. The second-order valence-electron chi connectivity index (χ2n) is 5.09. The lowest BCUT2D eigenvalue weighted by Gasteiger charge is -2.09. The zero-order valence-corrected chi connectivity index (χ0v) is 13.8. The quantitative estimate of drug-likeness (QED) is 0.418. The van der Waals surface area contributed by atoms with Gasteiger partial charge >= 0.3 is 0 Å². The summed E-state index contributed by atoms with van der Waals surface area (Å²) >= 11 is 11.8. The van der Waals surface area contributed by atoms with E-state index in [1.54, 1.807) is 12.1 Å². The zero-order valence-electron chi connectivity index (χ0n) is 12.3. The van der Waals surface area contributed by atoms with Gasteiger partial charge in [-0.25, -0.2) is 9.97 Å². The van der Waals surface area contributed by atoms with Crippen LogP contribution in [0.25, 0.3) is 10.9 Å². The van der Waals surface area contributed by atoms with Crippen LogP contribution in [0.4, 0.5) is 5.69 Å². The van der Waals surface area contributed by atoms with Crippen LogP contribution in [-0.4, -0.2) is 16.6 Å². The fraction of sp³-hybridized carbons (Fsp3) is 0.176. The second-order valence-corrected chi connectivity index (χ2v) is 5.86. The summed E-state index contributed by atoms with van der Waals surface area (Å²) < 4.78 is 5.69. The lowest BCUT2D eigenvalue weighted by atomic mass is 10.1. The number of benzene rings is 2. The molecule has 0 aliphatic carbocycles. The molecule has 3 rings (SSSR count). The highest BCUT2D eigenvalue weighted by Crippen LogP contribution is 2.25. The summed E-state index contributed by atoms with van der Waals surface area (Å²) in [5, 5.41) is 1.79. The summed E-state index contributed by atoms with van der Waals surface area (Å²) in [6, 6.07) is 12.9. The molecule has 1 aromatic heterocycles. The fourth-order valence-corrected chi connectivity index (χ4v) is 2.72. The highest BCUT2D eigenvalue weighted by molar-refractivity contribution is 6.30. The Bertz CT molecular complexity index is 822. The first-order valence-corrected chi connectivity index (χ1v) is 7.98. The minimum absolute atomic E-state index is 0.233. The molecule has 0 unspecified atom stereocenters. The van der Waals surface area contributed by atoms with Gasteiger partial charge in [0.15, 0.2) is 0 Å². The summed E-state index contributed by atoms with van der Waals surface area (Å²) in [6.45, 7) is 0.567. The third kappa shape index (κ3) is 3.84. The minimum atomic E-state index is 0.233. The number of anilines is 1. The maximum atomic E-state index is 6.05. The van der Waals surface area contributed by atoms with Crippen molar-refractivity contribution in [1.82, 2.24) is 9.97 Å². The lowest BCUT2D eigenvalue weighted by molar-refractivity contribution is 0.310. The molecule has 4 nitrogen and oxygen atoms in total. The van der Waals surface area contributed by atoms with Crippen molar-refractivity contribution in [2.75, 3.05) is 12.3 Å². The number of hydrogen-bond donors (Lipinski definition) is 1. The Hall–Kier alpha value is -2.04. The summed E-state index contributed by atoms with van der Waals surface area (Å²) in [6.07, 6.45) is 1.50. The van der Waals surface area contributed by atoms with Crippen LogP contribution in [0.3, 0.4) is 0 Å². The molecule has 0 radical (unpaired) electrons. The largest absolute Gasteiger partial charge is 0.494 e. The molecule has 2 aromatic carbocycles. The lowest BCUT2D eigenvalue weighted by Crippen LogP contribution is -2.03. The van der Waals surface area contributed by atoms with Crippen LogP contribution >= 0.6 is 23.2 Å². The summed E-state index contributed by atoms with van der Waals surface area (Å²) in [5.41, 5.74) is 8.32. The van der Waals surface area contributed by atoms with Crippen molar-refractivity contribution < 1.29 is 4.74 Å².